The first kappa shape index (κ1) is 20.9. The van der Waals surface area contributed by atoms with Crippen LogP contribution < -0.4 is 15.5 Å². The smallest absolute Gasteiger partial charge is 0.191 e. The predicted octanol–water partition coefficient (Wildman–Crippen LogP) is 3.11. The molecule has 2 aromatic rings. The third-order valence-corrected chi connectivity index (χ3v) is 5.25. The normalized spacial score (nSPS) is 15.5. The van der Waals surface area contributed by atoms with E-state index in [4.69, 9.17) is 0 Å². The van der Waals surface area contributed by atoms with Crippen LogP contribution in [0.1, 0.15) is 28.4 Å². The van der Waals surface area contributed by atoms with E-state index in [-0.39, 0.29) is 24.0 Å². The molecule has 0 amide bonds. The van der Waals surface area contributed by atoms with Gasteiger partial charge in [-0.15, -0.1) is 35.3 Å². The summed E-state index contributed by atoms with van der Waals surface area (Å²) < 4.78 is 0. The summed E-state index contributed by atoms with van der Waals surface area (Å²) in [6.45, 7) is 6.85. The second kappa shape index (κ2) is 10.1. The summed E-state index contributed by atoms with van der Waals surface area (Å²) in [4.78, 5) is 16.9. The molecule has 0 spiro atoms. The lowest BCUT2D eigenvalue weighted by atomic mass is 10.1. The highest BCUT2D eigenvalue weighted by Gasteiger charge is 2.21. The number of rotatable bonds is 4. The molecule has 0 aromatic carbocycles. The number of aromatic nitrogens is 2. The molecule has 0 unspecified atom stereocenters. The van der Waals surface area contributed by atoms with Crippen molar-refractivity contribution >= 4 is 47.1 Å². The van der Waals surface area contributed by atoms with Crippen LogP contribution in [0.2, 0.25) is 0 Å². The average molecular weight is 486 g/mol. The van der Waals surface area contributed by atoms with Crippen molar-refractivity contribution in [3.63, 3.8) is 0 Å². The van der Waals surface area contributed by atoms with E-state index in [1.807, 2.05) is 26.2 Å². The van der Waals surface area contributed by atoms with Crippen molar-refractivity contribution in [3.05, 3.63) is 40.0 Å². The van der Waals surface area contributed by atoms with Gasteiger partial charge in [-0.2, -0.15) is 0 Å². The number of nitrogens with one attached hydrogen (secondary N) is 2. The molecule has 8 heteroatoms. The van der Waals surface area contributed by atoms with Crippen molar-refractivity contribution in [2.45, 2.75) is 39.3 Å². The van der Waals surface area contributed by atoms with Gasteiger partial charge in [-0.3, -0.25) is 4.99 Å². The molecule has 0 aliphatic carbocycles. The van der Waals surface area contributed by atoms with Gasteiger partial charge in [0.05, 0.1) is 6.54 Å². The largest absolute Gasteiger partial charge is 0.356 e. The van der Waals surface area contributed by atoms with Crippen molar-refractivity contribution in [3.8, 4) is 0 Å². The van der Waals surface area contributed by atoms with Gasteiger partial charge in [0.15, 0.2) is 5.96 Å². The summed E-state index contributed by atoms with van der Waals surface area (Å²) >= 11 is 1.72. The van der Waals surface area contributed by atoms with Crippen molar-refractivity contribution in [1.82, 2.24) is 20.6 Å². The van der Waals surface area contributed by atoms with Gasteiger partial charge in [0.1, 0.15) is 10.8 Å². The summed E-state index contributed by atoms with van der Waals surface area (Å²) in [5.74, 6) is 1.93. The van der Waals surface area contributed by atoms with Gasteiger partial charge in [-0.05, 0) is 38.8 Å². The van der Waals surface area contributed by atoms with Gasteiger partial charge in [0.25, 0.3) is 0 Å². The second-order valence-corrected chi connectivity index (χ2v) is 7.65. The monoisotopic (exact) mass is 486 g/mol. The molecule has 142 valence electrons. The van der Waals surface area contributed by atoms with E-state index < -0.39 is 0 Å². The molecule has 6 nitrogen and oxygen atoms in total. The van der Waals surface area contributed by atoms with E-state index in [1.54, 1.807) is 11.3 Å². The van der Waals surface area contributed by atoms with E-state index in [0.717, 1.165) is 48.4 Å². The minimum Gasteiger partial charge on any atom is -0.356 e. The Morgan fingerprint density at radius 3 is 2.69 bits per heavy atom. The van der Waals surface area contributed by atoms with Gasteiger partial charge in [0, 0.05) is 42.9 Å². The van der Waals surface area contributed by atoms with Crippen LogP contribution in [-0.4, -0.2) is 42.1 Å². The Bertz CT molecular complexity index is 724. The first-order valence-electron chi connectivity index (χ1n) is 8.71. The third-order valence-electron chi connectivity index (χ3n) is 4.33. The number of anilines is 1. The van der Waals surface area contributed by atoms with Crippen molar-refractivity contribution < 1.29 is 0 Å². The number of aliphatic imine (C=N–C) groups is 1. The highest BCUT2D eigenvalue weighted by Crippen LogP contribution is 2.18. The van der Waals surface area contributed by atoms with Crippen molar-refractivity contribution in [2.75, 3.05) is 25.0 Å². The van der Waals surface area contributed by atoms with Crippen LogP contribution >= 0.6 is 35.3 Å². The van der Waals surface area contributed by atoms with Gasteiger partial charge in [-0.1, -0.05) is 6.07 Å². The first-order chi connectivity index (χ1) is 12.1. The molecule has 0 saturated carbocycles. The molecule has 1 aliphatic rings. The number of thiazole rings is 1. The quantitative estimate of drug-likeness (QED) is 0.395. The summed E-state index contributed by atoms with van der Waals surface area (Å²) in [6.07, 6.45) is 4.06. The number of piperidine rings is 1. The summed E-state index contributed by atoms with van der Waals surface area (Å²) in [5, 5.41) is 7.98. The molecule has 3 rings (SSSR count). The first-order valence-corrected chi connectivity index (χ1v) is 9.53. The number of pyridine rings is 1. The molecule has 0 radical (unpaired) electrons. The van der Waals surface area contributed by atoms with E-state index in [2.05, 4.69) is 49.6 Å². The predicted molar refractivity (Wildman–Crippen MR) is 120 cm³/mol. The Hall–Kier alpha value is -1.42. The zero-order valence-electron chi connectivity index (χ0n) is 15.5. The number of aryl methyl sites for hydroxylation is 2. The number of hydrogen-bond donors (Lipinski definition) is 2. The van der Waals surface area contributed by atoms with Crippen LogP contribution in [0.15, 0.2) is 29.4 Å². The maximum Gasteiger partial charge on any atom is 0.191 e. The van der Waals surface area contributed by atoms with Crippen LogP contribution in [0.25, 0.3) is 0 Å². The minimum absolute atomic E-state index is 0. The van der Waals surface area contributed by atoms with Gasteiger partial charge in [-0.25, -0.2) is 9.97 Å². The lowest BCUT2D eigenvalue weighted by Gasteiger charge is -2.33. The summed E-state index contributed by atoms with van der Waals surface area (Å²) in [7, 11) is 1.81. The fourth-order valence-corrected chi connectivity index (χ4v) is 3.72. The van der Waals surface area contributed by atoms with Crippen LogP contribution in [-0.2, 0) is 6.54 Å². The molecular formula is C18H27IN6S. The third kappa shape index (κ3) is 5.80. The Labute approximate surface area is 176 Å². The number of nitrogens with zero attached hydrogens (tertiary/aromatic N) is 4. The average Bonchev–Trinajstić information content (AvgIpc) is 3.04. The fraction of sp³-hybridized carbons (Fsp3) is 0.500. The second-order valence-electron chi connectivity index (χ2n) is 6.33. The van der Waals surface area contributed by atoms with E-state index in [1.165, 1.54) is 4.88 Å². The van der Waals surface area contributed by atoms with E-state index in [9.17, 15) is 0 Å². The van der Waals surface area contributed by atoms with Gasteiger partial charge >= 0.3 is 0 Å². The Kier molecular flexibility index (Phi) is 8.08. The van der Waals surface area contributed by atoms with Crippen LogP contribution in [0.4, 0.5) is 5.82 Å². The molecule has 26 heavy (non-hydrogen) atoms. The Morgan fingerprint density at radius 1 is 1.31 bits per heavy atom. The molecular weight excluding hydrogens is 459 g/mol. The van der Waals surface area contributed by atoms with Crippen LogP contribution in [0, 0.1) is 13.8 Å². The van der Waals surface area contributed by atoms with Crippen molar-refractivity contribution in [1.29, 1.82) is 0 Å². The number of halogens is 1. The minimum atomic E-state index is 0. The number of hydrogen-bond acceptors (Lipinski definition) is 5. The van der Waals surface area contributed by atoms with Crippen molar-refractivity contribution in [2.24, 2.45) is 4.99 Å². The van der Waals surface area contributed by atoms with Crippen LogP contribution in [0.5, 0.6) is 0 Å². The molecule has 1 saturated heterocycles. The molecule has 2 N–H and O–H groups in total. The standard InChI is InChI=1S/C18H26N6S.HI/c1-13-5-4-6-16(22-13)24-9-7-15(8-10-24)23-18(19-3)21-12-17-20-11-14(2)25-17;/h4-6,11,15H,7-10,12H2,1-3H3,(H2,19,21,23);1H. The zero-order valence-corrected chi connectivity index (χ0v) is 18.7. The molecule has 2 aromatic heterocycles. The Morgan fingerprint density at radius 2 is 2.08 bits per heavy atom. The molecule has 1 aliphatic heterocycles. The van der Waals surface area contributed by atoms with Gasteiger partial charge in [0.2, 0.25) is 0 Å². The fourth-order valence-electron chi connectivity index (χ4n) is 2.99. The number of guanidine groups is 1. The maximum atomic E-state index is 4.63. The highest BCUT2D eigenvalue weighted by atomic mass is 127. The zero-order chi connectivity index (χ0) is 17.6. The lowest BCUT2D eigenvalue weighted by Crippen LogP contribution is -2.48. The van der Waals surface area contributed by atoms with E-state index in [0.29, 0.717) is 12.6 Å². The summed E-state index contributed by atoms with van der Waals surface area (Å²) in [5.41, 5.74) is 1.07. The Balaban J connectivity index is 0.00000243. The molecule has 1 fully saturated rings. The molecule has 0 atom stereocenters. The van der Waals surface area contributed by atoms with Crippen LogP contribution in [0.3, 0.4) is 0 Å². The van der Waals surface area contributed by atoms with Gasteiger partial charge < -0.3 is 15.5 Å². The topological polar surface area (TPSA) is 65.4 Å². The summed E-state index contributed by atoms with van der Waals surface area (Å²) in [6, 6.07) is 6.65. The van der Waals surface area contributed by atoms with E-state index >= 15 is 0 Å². The lowest BCUT2D eigenvalue weighted by molar-refractivity contribution is 0.459. The molecule has 0 bridgehead atoms. The highest BCUT2D eigenvalue weighted by molar-refractivity contribution is 14.0. The maximum absolute atomic E-state index is 4.63. The SMILES string of the molecule is CN=C(NCc1ncc(C)s1)NC1CCN(c2cccc(C)n2)CC1.I. The molecule has 3 heterocycles.